The minimum atomic E-state index is 0. The molecule has 0 radical (unpaired) electrons. The van der Waals surface area contributed by atoms with Gasteiger partial charge in [0.15, 0.2) is 0 Å². The van der Waals surface area contributed by atoms with Crippen LogP contribution < -0.4 is 5.73 Å². The van der Waals surface area contributed by atoms with Crippen LogP contribution in [-0.2, 0) is 11.2 Å². The van der Waals surface area contributed by atoms with Gasteiger partial charge in [-0.3, -0.25) is 4.79 Å². The van der Waals surface area contributed by atoms with Gasteiger partial charge in [-0.15, -0.1) is 12.4 Å². The number of piperidine rings is 1. The number of likely N-dealkylation sites (tertiary alicyclic amines) is 1. The first-order valence-electron chi connectivity index (χ1n) is 8.99. The van der Waals surface area contributed by atoms with E-state index in [2.05, 4.69) is 36.1 Å². The van der Waals surface area contributed by atoms with Crippen LogP contribution >= 0.6 is 12.4 Å². The highest BCUT2D eigenvalue weighted by atomic mass is 35.5. The Hall–Kier alpha value is -1.92. The largest absolute Gasteiger partial charge is 0.341 e. The molecule has 0 aliphatic carbocycles. The zero-order valence-electron chi connectivity index (χ0n) is 15.4. The maximum Gasteiger partial charge on any atom is 0.227 e. The number of benzene rings is 1. The third-order valence-electron chi connectivity index (χ3n) is 4.67. The maximum absolute atomic E-state index is 12.3. The zero-order valence-corrected chi connectivity index (χ0v) is 16.2. The Morgan fingerprint density at radius 3 is 2.73 bits per heavy atom. The molecule has 2 heterocycles. The van der Waals surface area contributed by atoms with Crippen LogP contribution in [-0.4, -0.2) is 40.1 Å². The van der Waals surface area contributed by atoms with Gasteiger partial charge in [-0.25, -0.2) is 0 Å². The number of rotatable bonds is 5. The van der Waals surface area contributed by atoms with Crippen molar-refractivity contribution in [3.05, 3.63) is 35.7 Å². The van der Waals surface area contributed by atoms with Gasteiger partial charge in [-0.05, 0) is 24.3 Å². The highest BCUT2D eigenvalue weighted by molar-refractivity contribution is 5.85. The quantitative estimate of drug-likeness (QED) is 0.863. The molecule has 26 heavy (non-hydrogen) atoms. The van der Waals surface area contributed by atoms with E-state index in [-0.39, 0.29) is 24.4 Å². The van der Waals surface area contributed by atoms with Gasteiger partial charge < -0.3 is 15.2 Å². The lowest BCUT2D eigenvalue weighted by Gasteiger charge is -2.30. The number of nitrogens with two attached hydrogens (primary N) is 1. The van der Waals surface area contributed by atoms with E-state index in [9.17, 15) is 4.79 Å². The van der Waals surface area contributed by atoms with Gasteiger partial charge in [0.2, 0.25) is 17.6 Å². The molecule has 3 rings (SSSR count). The monoisotopic (exact) mass is 378 g/mol. The summed E-state index contributed by atoms with van der Waals surface area (Å²) in [6.45, 7) is 5.77. The van der Waals surface area contributed by atoms with Crippen molar-refractivity contribution in [2.75, 3.05) is 13.1 Å². The number of halogens is 1. The number of amides is 1. The molecule has 1 aliphatic rings. The number of carbonyl (C=O) groups excluding carboxylic acids is 1. The van der Waals surface area contributed by atoms with Gasteiger partial charge in [0, 0.05) is 37.5 Å². The van der Waals surface area contributed by atoms with E-state index >= 15 is 0 Å². The molecule has 1 fully saturated rings. The van der Waals surface area contributed by atoms with Crippen molar-refractivity contribution in [1.29, 1.82) is 0 Å². The third-order valence-corrected chi connectivity index (χ3v) is 4.67. The predicted octanol–water partition coefficient (Wildman–Crippen LogP) is 3.16. The van der Waals surface area contributed by atoms with Crippen molar-refractivity contribution < 1.29 is 9.32 Å². The summed E-state index contributed by atoms with van der Waals surface area (Å²) in [6.07, 6.45) is 2.80. The van der Waals surface area contributed by atoms with Gasteiger partial charge in [-0.1, -0.05) is 43.3 Å². The molecule has 1 aliphatic heterocycles. The number of hydrogen-bond acceptors (Lipinski definition) is 5. The van der Waals surface area contributed by atoms with Crippen molar-refractivity contribution in [1.82, 2.24) is 15.0 Å². The number of nitrogens with zero attached hydrogens (tertiary/aromatic N) is 3. The minimum absolute atomic E-state index is 0. The summed E-state index contributed by atoms with van der Waals surface area (Å²) in [6, 6.07) is 8.27. The molecule has 0 saturated carbocycles. The highest BCUT2D eigenvalue weighted by Gasteiger charge is 2.21. The van der Waals surface area contributed by atoms with Gasteiger partial charge >= 0.3 is 0 Å². The SMILES string of the molecule is CC(C)c1ccc(-c2noc(CCC(=O)N3CCCC(N)C3)n2)cc1.Cl. The fourth-order valence-electron chi connectivity index (χ4n) is 3.10. The Morgan fingerprint density at radius 1 is 1.35 bits per heavy atom. The summed E-state index contributed by atoms with van der Waals surface area (Å²) >= 11 is 0. The molecule has 142 valence electrons. The van der Waals surface area contributed by atoms with Crippen LogP contribution in [0.1, 0.15) is 50.5 Å². The topological polar surface area (TPSA) is 85.2 Å². The van der Waals surface area contributed by atoms with Crippen molar-refractivity contribution in [2.45, 2.75) is 51.5 Å². The molecule has 6 nitrogen and oxygen atoms in total. The molecule has 2 N–H and O–H groups in total. The first kappa shape index (κ1) is 20.4. The van der Waals surface area contributed by atoms with Gasteiger partial charge in [0.1, 0.15) is 0 Å². The van der Waals surface area contributed by atoms with E-state index in [0.717, 1.165) is 24.9 Å². The van der Waals surface area contributed by atoms with Crippen LogP contribution in [0.25, 0.3) is 11.4 Å². The second-order valence-corrected chi connectivity index (χ2v) is 7.03. The lowest BCUT2D eigenvalue weighted by Crippen LogP contribution is -2.45. The molecular formula is C19H27ClN4O2. The smallest absolute Gasteiger partial charge is 0.227 e. The molecule has 2 aromatic rings. The van der Waals surface area contributed by atoms with Crippen molar-refractivity contribution in [3.63, 3.8) is 0 Å². The first-order valence-corrected chi connectivity index (χ1v) is 8.99. The van der Waals surface area contributed by atoms with E-state index < -0.39 is 0 Å². The van der Waals surface area contributed by atoms with Crippen LogP contribution in [0.5, 0.6) is 0 Å². The second kappa shape index (κ2) is 9.14. The molecular weight excluding hydrogens is 352 g/mol. The molecule has 0 bridgehead atoms. The molecule has 1 aromatic carbocycles. The Balaban J connectivity index is 0.00000243. The molecule has 1 aromatic heterocycles. The number of hydrogen-bond donors (Lipinski definition) is 1. The third kappa shape index (κ3) is 5.05. The number of aryl methyl sites for hydroxylation is 1. The lowest BCUT2D eigenvalue weighted by molar-refractivity contribution is -0.132. The van der Waals surface area contributed by atoms with Crippen LogP contribution in [0, 0.1) is 0 Å². The maximum atomic E-state index is 12.3. The molecule has 1 amide bonds. The normalized spacial score (nSPS) is 17.2. The summed E-state index contributed by atoms with van der Waals surface area (Å²) in [5.41, 5.74) is 8.13. The van der Waals surface area contributed by atoms with Crippen LogP contribution in [0.3, 0.4) is 0 Å². The van der Waals surface area contributed by atoms with E-state index in [4.69, 9.17) is 10.3 Å². The molecule has 7 heteroatoms. The van der Waals surface area contributed by atoms with Crippen molar-refractivity contribution >= 4 is 18.3 Å². The second-order valence-electron chi connectivity index (χ2n) is 7.03. The van der Waals surface area contributed by atoms with E-state index in [1.54, 1.807) is 0 Å². The fourth-order valence-corrected chi connectivity index (χ4v) is 3.10. The van der Waals surface area contributed by atoms with Gasteiger partial charge in [0.25, 0.3) is 0 Å². The van der Waals surface area contributed by atoms with Crippen LogP contribution in [0.4, 0.5) is 0 Å². The average molecular weight is 379 g/mol. The summed E-state index contributed by atoms with van der Waals surface area (Å²) in [5, 5.41) is 4.03. The molecule has 1 saturated heterocycles. The predicted molar refractivity (Wildman–Crippen MR) is 103 cm³/mol. The van der Waals surface area contributed by atoms with Crippen molar-refractivity contribution in [3.8, 4) is 11.4 Å². The van der Waals surface area contributed by atoms with E-state index in [1.165, 1.54) is 5.56 Å². The summed E-state index contributed by atoms with van der Waals surface area (Å²) in [7, 11) is 0. The Labute approximate surface area is 160 Å². The fraction of sp³-hybridized carbons (Fsp3) is 0.526. The summed E-state index contributed by atoms with van der Waals surface area (Å²) in [5.74, 6) is 1.66. The zero-order chi connectivity index (χ0) is 17.8. The van der Waals surface area contributed by atoms with Crippen LogP contribution in [0.15, 0.2) is 28.8 Å². The summed E-state index contributed by atoms with van der Waals surface area (Å²) < 4.78 is 5.30. The average Bonchev–Trinajstić information content (AvgIpc) is 3.08. The Bertz CT molecular complexity index is 715. The van der Waals surface area contributed by atoms with Crippen LogP contribution in [0.2, 0.25) is 0 Å². The van der Waals surface area contributed by atoms with E-state index in [0.29, 0.717) is 37.0 Å². The number of carbonyl (C=O) groups is 1. The van der Waals surface area contributed by atoms with Gasteiger partial charge in [-0.2, -0.15) is 4.98 Å². The molecule has 1 unspecified atom stereocenters. The lowest BCUT2D eigenvalue weighted by atomic mass is 10.0. The Kier molecular flexibility index (Phi) is 7.17. The van der Waals surface area contributed by atoms with Crippen molar-refractivity contribution in [2.24, 2.45) is 5.73 Å². The number of aromatic nitrogens is 2. The minimum Gasteiger partial charge on any atom is -0.341 e. The standard InChI is InChI=1S/C19H26N4O2.ClH/c1-13(2)14-5-7-15(8-6-14)19-21-17(25-22-19)9-10-18(24)23-11-3-4-16(20)12-23;/h5-8,13,16H,3-4,9-12,20H2,1-2H3;1H. The molecule has 1 atom stereocenters. The van der Waals surface area contributed by atoms with Gasteiger partial charge in [0.05, 0.1) is 0 Å². The first-order chi connectivity index (χ1) is 12.0. The Morgan fingerprint density at radius 2 is 2.08 bits per heavy atom. The van der Waals surface area contributed by atoms with E-state index in [1.807, 2.05) is 17.0 Å². The summed E-state index contributed by atoms with van der Waals surface area (Å²) in [4.78, 5) is 18.5. The molecule has 0 spiro atoms. The highest BCUT2D eigenvalue weighted by Crippen LogP contribution is 2.21.